The molecule has 2 unspecified atom stereocenters. The molecular formula is C11H18N2O. The van der Waals surface area contributed by atoms with E-state index in [4.69, 9.17) is 4.74 Å². The van der Waals surface area contributed by atoms with Gasteiger partial charge in [-0.25, -0.2) is 4.99 Å². The molecule has 0 aromatic rings. The van der Waals surface area contributed by atoms with Crippen LogP contribution in [0, 0.1) is 5.92 Å². The fraction of sp³-hybridized carbons (Fsp3) is 0.909. The van der Waals surface area contributed by atoms with E-state index in [1.54, 1.807) is 0 Å². The predicted molar refractivity (Wildman–Crippen MR) is 55.5 cm³/mol. The Morgan fingerprint density at radius 2 is 2.29 bits per heavy atom. The number of nitrogens with one attached hydrogen (secondary N) is 1. The van der Waals surface area contributed by atoms with E-state index in [1.807, 2.05) is 0 Å². The zero-order valence-electron chi connectivity index (χ0n) is 8.54. The molecule has 0 aromatic heterocycles. The minimum atomic E-state index is 0.506. The zero-order valence-corrected chi connectivity index (χ0v) is 8.54. The molecule has 0 bridgehead atoms. The molecule has 0 spiro atoms. The number of hydrogen-bond donors (Lipinski definition) is 1. The first-order valence-corrected chi connectivity index (χ1v) is 5.84. The van der Waals surface area contributed by atoms with Crippen molar-refractivity contribution in [1.82, 2.24) is 5.32 Å². The summed E-state index contributed by atoms with van der Waals surface area (Å²) in [5.74, 6) is 1.87. The monoisotopic (exact) mass is 194 g/mol. The molecule has 1 saturated heterocycles. The van der Waals surface area contributed by atoms with Gasteiger partial charge in [-0.3, -0.25) is 0 Å². The van der Waals surface area contributed by atoms with Gasteiger partial charge in [0, 0.05) is 12.5 Å². The first-order chi connectivity index (χ1) is 6.92. The van der Waals surface area contributed by atoms with Crippen LogP contribution >= 0.6 is 0 Å². The summed E-state index contributed by atoms with van der Waals surface area (Å²) < 4.78 is 5.64. The molecule has 2 heterocycles. The SMILES string of the molecule is C1CNC(CC2=NC(C3CC3)CO2)C1. The molecule has 2 aliphatic heterocycles. The van der Waals surface area contributed by atoms with E-state index in [2.05, 4.69) is 10.3 Å². The summed E-state index contributed by atoms with van der Waals surface area (Å²) in [4.78, 5) is 4.67. The van der Waals surface area contributed by atoms with Gasteiger partial charge in [-0.2, -0.15) is 0 Å². The molecular weight excluding hydrogens is 176 g/mol. The lowest BCUT2D eigenvalue weighted by molar-refractivity contribution is 0.297. The van der Waals surface area contributed by atoms with E-state index in [0.717, 1.165) is 24.8 Å². The lowest BCUT2D eigenvalue weighted by Crippen LogP contribution is -2.24. The summed E-state index contributed by atoms with van der Waals surface area (Å²) in [6.07, 6.45) is 6.35. The van der Waals surface area contributed by atoms with Gasteiger partial charge >= 0.3 is 0 Å². The molecule has 3 heteroatoms. The molecule has 0 radical (unpaired) electrons. The van der Waals surface area contributed by atoms with E-state index in [1.165, 1.54) is 32.2 Å². The van der Waals surface area contributed by atoms with Crippen LogP contribution in [-0.2, 0) is 4.74 Å². The first-order valence-electron chi connectivity index (χ1n) is 5.84. The third kappa shape index (κ3) is 1.78. The maximum atomic E-state index is 5.64. The van der Waals surface area contributed by atoms with E-state index in [-0.39, 0.29) is 0 Å². The van der Waals surface area contributed by atoms with Gasteiger partial charge in [-0.15, -0.1) is 0 Å². The normalized spacial score (nSPS) is 37.0. The highest BCUT2D eigenvalue weighted by Gasteiger charge is 2.35. The van der Waals surface area contributed by atoms with Crippen LogP contribution in [0.25, 0.3) is 0 Å². The Morgan fingerprint density at radius 1 is 1.36 bits per heavy atom. The largest absolute Gasteiger partial charge is 0.479 e. The van der Waals surface area contributed by atoms with Crippen LogP contribution in [0.4, 0.5) is 0 Å². The van der Waals surface area contributed by atoms with Crippen LogP contribution < -0.4 is 5.32 Å². The van der Waals surface area contributed by atoms with Gasteiger partial charge in [0.05, 0.1) is 6.04 Å². The average molecular weight is 194 g/mol. The highest BCUT2D eigenvalue weighted by Crippen LogP contribution is 2.36. The van der Waals surface area contributed by atoms with Crippen molar-refractivity contribution in [2.24, 2.45) is 10.9 Å². The summed E-state index contributed by atoms with van der Waals surface area (Å²) in [6.45, 7) is 2.02. The molecule has 3 aliphatic rings. The van der Waals surface area contributed by atoms with Crippen LogP contribution in [0.3, 0.4) is 0 Å². The van der Waals surface area contributed by atoms with Gasteiger partial charge in [0.15, 0.2) is 5.90 Å². The molecule has 3 nitrogen and oxygen atoms in total. The van der Waals surface area contributed by atoms with Crippen molar-refractivity contribution in [1.29, 1.82) is 0 Å². The quantitative estimate of drug-likeness (QED) is 0.735. The van der Waals surface area contributed by atoms with Crippen LogP contribution in [0.15, 0.2) is 4.99 Å². The lowest BCUT2D eigenvalue weighted by Gasteiger charge is -2.08. The second kappa shape index (κ2) is 3.54. The molecule has 2 fully saturated rings. The molecule has 1 N–H and O–H groups in total. The number of rotatable bonds is 3. The molecule has 1 aliphatic carbocycles. The van der Waals surface area contributed by atoms with Crippen molar-refractivity contribution in [3.8, 4) is 0 Å². The van der Waals surface area contributed by atoms with Crippen molar-refractivity contribution in [2.75, 3.05) is 13.2 Å². The smallest absolute Gasteiger partial charge is 0.185 e. The first kappa shape index (κ1) is 8.72. The number of hydrogen-bond acceptors (Lipinski definition) is 3. The Morgan fingerprint density at radius 3 is 3.00 bits per heavy atom. The number of ether oxygens (including phenoxy) is 1. The molecule has 1 saturated carbocycles. The topological polar surface area (TPSA) is 33.6 Å². The second-order valence-electron chi connectivity index (χ2n) is 4.74. The van der Waals surface area contributed by atoms with E-state index < -0.39 is 0 Å². The number of aliphatic imine (C=N–C) groups is 1. The fourth-order valence-corrected chi connectivity index (χ4v) is 2.42. The second-order valence-corrected chi connectivity index (χ2v) is 4.74. The standard InChI is InChI=1S/C11H18N2O/c1-2-9(12-5-1)6-11-13-10(7-14-11)8-3-4-8/h8-10,12H,1-7H2. The maximum Gasteiger partial charge on any atom is 0.185 e. The summed E-state index contributed by atoms with van der Waals surface area (Å²) >= 11 is 0. The summed E-state index contributed by atoms with van der Waals surface area (Å²) in [5, 5.41) is 3.48. The molecule has 3 rings (SSSR count). The Labute approximate surface area is 84.9 Å². The van der Waals surface area contributed by atoms with Gasteiger partial charge in [0.1, 0.15) is 6.61 Å². The Balaban J connectivity index is 1.54. The summed E-state index contributed by atoms with van der Waals surface area (Å²) in [6, 6.07) is 1.14. The predicted octanol–water partition coefficient (Wildman–Crippen LogP) is 1.34. The Bertz CT molecular complexity index is 242. The Hall–Kier alpha value is -0.570. The van der Waals surface area contributed by atoms with Crippen molar-refractivity contribution in [2.45, 2.75) is 44.2 Å². The number of nitrogens with zero attached hydrogens (tertiary/aromatic N) is 1. The third-order valence-electron chi connectivity index (χ3n) is 3.48. The van der Waals surface area contributed by atoms with Gasteiger partial charge in [-0.1, -0.05) is 0 Å². The fourth-order valence-electron chi connectivity index (χ4n) is 2.42. The van der Waals surface area contributed by atoms with E-state index >= 15 is 0 Å². The molecule has 0 amide bonds. The molecule has 2 atom stereocenters. The van der Waals surface area contributed by atoms with Gasteiger partial charge in [-0.05, 0) is 38.1 Å². The van der Waals surface area contributed by atoms with Crippen molar-refractivity contribution >= 4 is 5.90 Å². The van der Waals surface area contributed by atoms with Crippen molar-refractivity contribution in [3.05, 3.63) is 0 Å². The average Bonchev–Trinajstić information content (AvgIpc) is 2.75. The molecule has 14 heavy (non-hydrogen) atoms. The van der Waals surface area contributed by atoms with Crippen molar-refractivity contribution in [3.63, 3.8) is 0 Å². The van der Waals surface area contributed by atoms with Crippen LogP contribution in [0.2, 0.25) is 0 Å². The van der Waals surface area contributed by atoms with E-state index in [9.17, 15) is 0 Å². The minimum Gasteiger partial charge on any atom is -0.479 e. The summed E-state index contributed by atoms with van der Waals surface area (Å²) in [7, 11) is 0. The van der Waals surface area contributed by atoms with Crippen LogP contribution in [-0.4, -0.2) is 31.1 Å². The zero-order chi connectivity index (χ0) is 9.38. The molecule has 78 valence electrons. The Kier molecular flexibility index (Phi) is 2.20. The minimum absolute atomic E-state index is 0.506. The van der Waals surface area contributed by atoms with Crippen LogP contribution in [0.1, 0.15) is 32.1 Å². The van der Waals surface area contributed by atoms with Gasteiger partial charge in [0.25, 0.3) is 0 Å². The van der Waals surface area contributed by atoms with Crippen LogP contribution in [0.5, 0.6) is 0 Å². The maximum absolute atomic E-state index is 5.64. The van der Waals surface area contributed by atoms with Gasteiger partial charge in [0.2, 0.25) is 0 Å². The van der Waals surface area contributed by atoms with Gasteiger partial charge < -0.3 is 10.1 Å². The van der Waals surface area contributed by atoms with E-state index in [0.29, 0.717) is 12.1 Å². The highest BCUT2D eigenvalue weighted by molar-refractivity contribution is 5.78. The molecule has 0 aromatic carbocycles. The van der Waals surface area contributed by atoms with Crippen molar-refractivity contribution < 1.29 is 4.74 Å². The lowest BCUT2D eigenvalue weighted by atomic mass is 10.1. The summed E-state index contributed by atoms with van der Waals surface area (Å²) in [5.41, 5.74) is 0. The third-order valence-corrected chi connectivity index (χ3v) is 3.48. The highest BCUT2D eigenvalue weighted by atomic mass is 16.5.